The fourth-order valence-electron chi connectivity index (χ4n) is 3.94. The average molecular weight is 377 g/mol. The summed E-state index contributed by atoms with van der Waals surface area (Å²) in [5.41, 5.74) is 0.597. The van der Waals surface area contributed by atoms with Crippen molar-refractivity contribution < 1.29 is 9.53 Å². The van der Waals surface area contributed by atoms with Crippen LogP contribution in [0.3, 0.4) is 0 Å². The van der Waals surface area contributed by atoms with Crippen molar-refractivity contribution in [3.05, 3.63) is 58.3 Å². The number of hydrogen-bond donors (Lipinski definition) is 0. The third kappa shape index (κ3) is 3.33. The number of ether oxygens (including phenoxy) is 1. The molecule has 6 heteroatoms. The molecule has 2 aliphatic heterocycles. The lowest BCUT2D eigenvalue weighted by molar-refractivity contribution is 0.0359. The molecule has 2 aromatic rings. The maximum absolute atomic E-state index is 13.0. The molecule has 2 unspecified atom stereocenters. The van der Waals surface area contributed by atoms with Gasteiger partial charge in [0.05, 0.1) is 10.0 Å². The Hall–Kier alpha value is -1.78. The van der Waals surface area contributed by atoms with Gasteiger partial charge in [0.1, 0.15) is 11.9 Å². The Morgan fingerprint density at radius 2 is 1.72 bits per heavy atom. The lowest BCUT2D eigenvalue weighted by Gasteiger charge is -2.39. The van der Waals surface area contributed by atoms with Crippen LogP contribution in [0.4, 0.5) is 0 Å². The smallest absolute Gasteiger partial charge is 0.254 e. The van der Waals surface area contributed by atoms with Gasteiger partial charge in [-0.05, 0) is 43.2 Å². The van der Waals surface area contributed by atoms with Crippen molar-refractivity contribution >= 4 is 29.1 Å². The normalized spacial score (nSPS) is 25.0. The Labute approximate surface area is 156 Å². The summed E-state index contributed by atoms with van der Waals surface area (Å²) in [7, 11) is 0. The molecule has 0 N–H and O–H groups in total. The standard InChI is InChI=1S/C19H18Cl2N2O2/c20-17-4-1-12(9-18(17)21)19(24)23-13-2-3-14(23)11-16(10-13)25-15-5-7-22-8-6-15/h1,4-9,13-14,16H,2-3,10-11H2. The minimum Gasteiger partial charge on any atom is -0.490 e. The van der Waals surface area contributed by atoms with E-state index in [4.69, 9.17) is 27.9 Å². The van der Waals surface area contributed by atoms with Crippen molar-refractivity contribution in [1.29, 1.82) is 0 Å². The monoisotopic (exact) mass is 376 g/mol. The molecule has 25 heavy (non-hydrogen) atoms. The first-order valence-corrected chi connectivity index (χ1v) is 9.22. The van der Waals surface area contributed by atoms with Crippen LogP contribution in [0.2, 0.25) is 10.0 Å². The molecule has 0 aliphatic carbocycles. The highest BCUT2D eigenvalue weighted by molar-refractivity contribution is 6.42. The molecular weight excluding hydrogens is 359 g/mol. The predicted octanol–water partition coefficient (Wildman–Crippen LogP) is 4.60. The largest absolute Gasteiger partial charge is 0.490 e. The summed E-state index contributed by atoms with van der Waals surface area (Å²) in [6, 6.07) is 9.25. The van der Waals surface area contributed by atoms with Crippen molar-refractivity contribution in [2.24, 2.45) is 0 Å². The van der Waals surface area contributed by atoms with Crippen LogP contribution in [0, 0.1) is 0 Å². The van der Waals surface area contributed by atoms with Crippen molar-refractivity contribution in [1.82, 2.24) is 9.88 Å². The first-order chi connectivity index (χ1) is 12.1. The second kappa shape index (κ2) is 6.85. The van der Waals surface area contributed by atoms with E-state index in [9.17, 15) is 4.79 Å². The van der Waals surface area contributed by atoms with Crippen molar-refractivity contribution in [3.63, 3.8) is 0 Å². The summed E-state index contributed by atoms with van der Waals surface area (Å²) in [6.07, 6.45) is 7.34. The highest BCUT2D eigenvalue weighted by Crippen LogP contribution is 2.38. The van der Waals surface area contributed by atoms with Gasteiger partial charge in [0.25, 0.3) is 5.91 Å². The lowest BCUT2D eigenvalue weighted by Crippen LogP contribution is -2.49. The first kappa shape index (κ1) is 16.7. The van der Waals surface area contributed by atoms with Gasteiger partial charge in [0, 0.05) is 42.9 Å². The van der Waals surface area contributed by atoms with Crippen molar-refractivity contribution in [2.75, 3.05) is 0 Å². The minimum atomic E-state index is 0.0356. The molecule has 3 heterocycles. The van der Waals surface area contributed by atoms with Crippen LogP contribution in [0.5, 0.6) is 5.75 Å². The SMILES string of the molecule is O=C(c1ccc(Cl)c(Cl)c1)N1C2CCC1CC(Oc1ccncc1)C2. The van der Waals surface area contributed by atoms with Gasteiger partial charge in [-0.25, -0.2) is 0 Å². The zero-order valence-electron chi connectivity index (χ0n) is 13.6. The number of fused-ring (bicyclic) bond motifs is 2. The van der Waals surface area contributed by atoms with Gasteiger partial charge in [-0.15, -0.1) is 0 Å². The van der Waals surface area contributed by atoms with Crippen LogP contribution in [0.25, 0.3) is 0 Å². The number of halogens is 2. The maximum Gasteiger partial charge on any atom is 0.254 e. The Morgan fingerprint density at radius 3 is 2.36 bits per heavy atom. The van der Waals surface area contributed by atoms with Crippen LogP contribution in [-0.4, -0.2) is 34.0 Å². The third-order valence-electron chi connectivity index (χ3n) is 5.04. The molecule has 0 spiro atoms. The first-order valence-electron chi connectivity index (χ1n) is 8.46. The molecule has 4 nitrogen and oxygen atoms in total. The molecule has 4 rings (SSSR count). The van der Waals surface area contributed by atoms with E-state index in [1.807, 2.05) is 17.0 Å². The van der Waals surface area contributed by atoms with E-state index in [2.05, 4.69) is 4.98 Å². The van der Waals surface area contributed by atoms with Crippen molar-refractivity contribution in [3.8, 4) is 5.75 Å². The number of carbonyl (C=O) groups excluding carboxylic acids is 1. The summed E-state index contributed by atoms with van der Waals surface area (Å²) in [5, 5.41) is 0.876. The summed E-state index contributed by atoms with van der Waals surface area (Å²) < 4.78 is 6.09. The van der Waals surface area contributed by atoms with Crippen LogP contribution in [-0.2, 0) is 0 Å². The van der Waals surface area contributed by atoms with Gasteiger partial charge in [0.15, 0.2) is 0 Å². The van der Waals surface area contributed by atoms with Crippen molar-refractivity contribution in [2.45, 2.75) is 43.9 Å². The number of aromatic nitrogens is 1. The van der Waals surface area contributed by atoms with Crippen LogP contribution >= 0.6 is 23.2 Å². The number of piperidine rings is 1. The predicted molar refractivity (Wildman–Crippen MR) is 97.3 cm³/mol. The molecule has 130 valence electrons. The zero-order valence-corrected chi connectivity index (χ0v) is 15.1. The third-order valence-corrected chi connectivity index (χ3v) is 5.78. The molecule has 2 aliphatic rings. The van der Waals surface area contributed by atoms with E-state index in [0.717, 1.165) is 31.4 Å². The number of amides is 1. The maximum atomic E-state index is 13.0. The fraction of sp³-hybridized carbons (Fsp3) is 0.368. The highest BCUT2D eigenvalue weighted by Gasteiger charge is 2.44. The van der Waals surface area contributed by atoms with Gasteiger partial charge in [-0.1, -0.05) is 23.2 Å². The van der Waals surface area contributed by atoms with E-state index >= 15 is 0 Å². The lowest BCUT2D eigenvalue weighted by atomic mass is 9.98. The summed E-state index contributed by atoms with van der Waals surface area (Å²) in [4.78, 5) is 19.0. The Kier molecular flexibility index (Phi) is 4.57. The molecule has 1 aromatic heterocycles. The van der Waals surface area contributed by atoms with Crippen LogP contribution in [0.1, 0.15) is 36.0 Å². The minimum absolute atomic E-state index is 0.0356. The van der Waals surface area contributed by atoms with E-state index < -0.39 is 0 Å². The Balaban J connectivity index is 1.48. The van der Waals surface area contributed by atoms with E-state index in [1.165, 1.54) is 0 Å². The quantitative estimate of drug-likeness (QED) is 0.785. The molecule has 1 amide bonds. The molecule has 2 saturated heterocycles. The molecule has 2 fully saturated rings. The van der Waals surface area contributed by atoms with Gasteiger partial charge in [-0.2, -0.15) is 0 Å². The summed E-state index contributed by atoms with van der Waals surface area (Å²) in [5.74, 6) is 0.872. The van der Waals surface area contributed by atoms with E-state index in [1.54, 1.807) is 30.6 Å². The molecule has 2 atom stereocenters. The zero-order chi connectivity index (χ0) is 17.4. The highest BCUT2D eigenvalue weighted by atomic mass is 35.5. The van der Waals surface area contributed by atoms with Gasteiger partial charge >= 0.3 is 0 Å². The van der Waals surface area contributed by atoms with Gasteiger partial charge < -0.3 is 9.64 Å². The molecule has 2 bridgehead atoms. The second-order valence-corrected chi connectivity index (χ2v) is 7.43. The Bertz CT molecular complexity index is 770. The fourth-order valence-corrected chi connectivity index (χ4v) is 4.24. The van der Waals surface area contributed by atoms with Crippen LogP contribution < -0.4 is 4.74 Å². The summed E-state index contributed by atoms with van der Waals surface area (Å²) in [6.45, 7) is 0. The number of carbonyl (C=O) groups is 1. The number of benzene rings is 1. The number of hydrogen-bond acceptors (Lipinski definition) is 3. The topological polar surface area (TPSA) is 42.4 Å². The number of rotatable bonds is 3. The van der Waals surface area contributed by atoms with Crippen LogP contribution in [0.15, 0.2) is 42.7 Å². The summed E-state index contributed by atoms with van der Waals surface area (Å²) >= 11 is 12.0. The molecular formula is C19H18Cl2N2O2. The van der Waals surface area contributed by atoms with E-state index in [0.29, 0.717) is 15.6 Å². The molecule has 0 radical (unpaired) electrons. The van der Waals surface area contributed by atoms with Gasteiger partial charge in [-0.3, -0.25) is 9.78 Å². The number of pyridine rings is 1. The second-order valence-electron chi connectivity index (χ2n) is 6.62. The average Bonchev–Trinajstić information content (AvgIpc) is 2.88. The van der Waals surface area contributed by atoms with E-state index in [-0.39, 0.29) is 24.1 Å². The Morgan fingerprint density at radius 1 is 1.04 bits per heavy atom. The number of nitrogens with zero attached hydrogens (tertiary/aromatic N) is 2. The molecule has 1 aromatic carbocycles. The van der Waals surface area contributed by atoms with Gasteiger partial charge in [0.2, 0.25) is 0 Å². The molecule has 0 saturated carbocycles.